The second-order valence-electron chi connectivity index (χ2n) is 6.84. The van der Waals surface area contributed by atoms with Crippen LogP contribution >= 0.6 is 11.8 Å². The molecule has 1 fully saturated rings. The molecule has 1 aliphatic carbocycles. The smallest absolute Gasteiger partial charge is 0.321 e. The molecule has 2 N–H and O–H groups in total. The van der Waals surface area contributed by atoms with Crippen molar-refractivity contribution in [3.8, 4) is 11.4 Å². The fourth-order valence-corrected chi connectivity index (χ4v) is 4.09. The summed E-state index contributed by atoms with van der Waals surface area (Å²) in [4.78, 5) is 28.8. The fraction of sp³-hybridized carbons (Fsp3) is 0.450. The highest BCUT2D eigenvalue weighted by Crippen LogP contribution is 2.25. The average Bonchev–Trinajstić information content (AvgIpc) is 3.16. The van der Waals surface area contributed by atoms with E-state index < -0.39 is 11.3 Å². The van der Waals surface area contributed by atoms with Crippen LogP contribution in [-0.4, -0.2) is 39.9 Å². The molecule has 0 bridgehead atoms. The van der Waals surface area contributed by atoms with Crippen molar-refractivity contribution in [2.75, 3.05) is 7.11 Å². The summed E-state index contributed by atoms with van der Waals surface area (Å²) in [6, 6.07) is 7.34. The number of nitrogens with zero attached hydrogens (tertiary/aromatic N) is 2. The number of thioether (sulfide) groups is 1. The summed E-state index contributed by atoms with van der Waals surface area (Å²) < 4.78 is 7.08. The lowest BCUT2D eigenvalue weighted by atomic mass is 9.96. The third-order valence-corrected chi connectivity index (χ3v) is 5.87. The Kier molecular flexibility index (Phi) is 6.97. The molecule has 7 nitrogen and oxygen atoms in total. The van der Waals surface area contributed by atoms with Gasteiger partial charge in [0.2, 0.25) is 5.91 Å². The monoisotopic (exact) mass is 402 g/mol. The van der Waals surface area contributed by atoms with Crippen LogP contribution in [0.5, 0.6) is 5.75 Å². The van der Waals surface area contributed by atoms with Gasteiger partial charge in [-0.3, -0.25) is 14.7 Å². The number of aromatic nitrogens is 2. The van der Waals surface area contributed by atoms with Crippen molar-refractivity contribution in [1.82, 2.24) is 20.2 Å². The standard InChI is InChI=1S/C20H26N4O3S/c1-14(18(25)23-19(26)22-15-6-4-3-5-7-15)28-20-21-12-13-24(20)16-8-10-17(27-2)11-9-16/h8-15H,3-7H2,1-2H3,(H2,22,23,25,26). The Hall–Kier alpha value is -2.48. The Morgan fingerprint density at radius 3 is 2.61 bits per heavy atom. The number of rotatable bonds is 6. The first kappa shape index (κ1) is 20.3. The molecule has 3 amide bonds. The van der Waals surface area contributed by atoms with Gasteiger partial charge in [0.05, 0.1) is 12.4 Å². The fourth-order valence-electron chi connectivity index (χ4n) is 3.21. The summed E-state index contributed by atoms with van der Waals surface area (Å²) in [7, 11) is 1.62. The first-order valence-corrected chi connectivity index (χ1v) is 10.4. The van der Waals surface area contributed by atoms with Crippen molar-refractivity contribution in [3.05, 3.63) is 36.7 Å². The second kappa shape index (κ2) is 9.64. The molecule has 1 aliphatic rings. The van der Waals surface area contributed by atoms with Crippen molar-refractivity contribution in [1.29, 1.82) is 0 Å². The number of benzene rings is 1. The van der Waals surface area contributed by atoms with E-state index in [0.717, 1.165) is 37.1 Å². The van der Waals surface area contributed by atoms with Crippen LogP contribution in [0, 0.1) is 0 Å². The summed E-state index contributed by atoms with van der Waals surface area (Å²) in [5, 5.41) is 5.57. The zero-order chi connectivity index (χ0) is 19.9. The molecule has 1 saturated carbocycles. The Balaban J connectivity index is 1.56. The van der Waals surface area contributed by atoms with Gasteiger partial charge in [0.25, 0.3) is 0 Å². The molecule has 3 rings (SSSR count). The Bertz CT molecular complexity index is 800. The van der Waals surface area contributed by atoms with Gasteiger partial charge in [-0.05, 0) is 44.0 Å². The number of hydrogen-bond acceptors (Lipinski definition) is 5. The van der Waals surface area contributed by atoms with E-state index in [0.29, 0.717) is 5.16 Å². The second-order valence-corrected chi connectivity index (χ2v) is 8.14. The first-order chi connectivity index (χ1) is 13.6. The molecule has 1 aromatic heterocycles. The van der Waals surface area contributed by atoms with Crippen LogP contribution in [0.15, 0.2) is 41.8 Å². The first-order valence-electron chi connectivity index (χ1n) is 9.52. The molecular weight excluding hydrogens is 376 g/mol. The number of nitrogens with one attached hydrogen (secondary N) is 2. The van der Waals surface area contributed by atoms with E-state index in [1.165, 1.54) is 18.2 Å². The molecule has 1 atom stereocenters. The Morgan fingerprint density at radius 1 is 1.21 bits per heavy atom. The minimum atomic E-state index is -0.462. The van der Waals surface area contributed by atoms with E-state index in [4.69, 9.17) is 4.74 Å². The number of imide groups is 1. The lowest BCUT2D eigenvalue weighted by Crippen LogP contribution is -2.47. The quantitative estimate of drug-likeness (QED) is 0.722. The number of carbonyl (C=O) groups excluding carboxylic acids is 2. The van der Waals surface area contributed by atoms with Gasteiger partial charge in [0.1, 0.15) is 5.75 Å². The highest BCUT2D eigenvalue weighted by molar-refractivity contribution is 8.00. The number of hydrogen-bond donors (Lipinski definition) is 2. The van der Waals surface area contributed by atoms with E-state index in [2.05, 4.69) is 15.6 Å². The third kappa shape index (κ3) is 5.28. The Labute approximate surface area is 169 Å². The van der Waals surface area contributed by atoms with Crippen molar-refractivity contribution in [3.63, 3.8) is 0 Å². The van der Waals surface area contributed by atoms with Gasteiger partial charge in [-0.15, -0.1) is 0 Å². The van der Waals surface area contributed by atoms with Crippen LogP contribution < -0.4 is 15.4 Å². The van der Waals surface area contributed by atoms with Gasteiger partial charge < -0.3 is 10.1 Å². The van der Waals surface area contributed by atoms with Gasteiger partial charge >= 0.3 is 6.03 Å². The van der Waals surface area contributed by atoms with Crippen LogP contribution in [0.1, 0.15) is 39.0 Å². The number of carbonyl (C=O) groups is 2. The zero-order valence-corrected chi connectivity index (χ0v) is 17.0. The molecular formula is C20H26N4O3S. The molecule has 0 radical (unpaired) electrons. The lowest BCUT2D eigenvalue weighted by Gasteiger charge is -2.23. The number of methoxy groups -OCH3 is 1. The minimum absolute atomic E-state index is 0.165. The van der Waals surface area contributed by atoms with E-state index in [9.17, 15) is 9.59 Å². The van der Waals surface area contributed by atoms with Gasteiger partial charge in [-0.2, -0.15) is 0 Å². The molecule has 2 aromatic rings. The van der Waals surface area contributed by atoms with Crippen LogP contribution in [-0.2, 0) is 4.79 Å². The highest BCUT2D eigenvalue weighted by Gasteiger charge is 2.22. The van der Waals surface area contributed by atoms with E-state index in [1.807, 2.05) is 35.0 Å². The summed E-state index contributed by atoms with van der Waals surface area (Å²) in [6.07, 6.45) is 8.94. The molecule has 1 unspecified atom stereocenters. The summed E-state index contributed by atoms with van der Waals surface area (Å²) in [6.45, 7) is 1.76. The van der Waals surface area contributed by atoms with Gasteiger partial charge in [-0.25, -0.2) is 9.78 Å². The van der Waals surface area contributed by atoms with E-state index >= 15 is 0 Å². The average molecular weight is 403 g/mol. The lowest BCUT2D eigenvalue weighted by molar-refractivity contribution is -0.119. The number of imidazole rings is 1. The van der Waals surface area contributed by atoms with Crippen molar-refractivity contribution < 1.29 is 14.3 Å². The number of urea groups is 1. The third-order valence-electron chi connectivity index (χ3n) is 4.79. The minimum Gasteiger partial charge on any atom is -0.497 e. The SMILES string of the molecule is COc1ccc(-n2ccnc2SC(C)C(=O)NC(=O)NC2CCCCC2)cc1. The normalized spacial score (nSPS) is 15.6. The molecule has 0 saturated heterocycles. The topological polar surface area (TPSA) is 85.2 Å². The summed E-state index contributed by atoms with van der Waals surface area (Å²) in [5.41, 5.74) is 0.920. The molecule has 1 heterocycles. The van der Waals surface area contributed by atoms with Crippen LogP contribution in [0.3, 0.4) is 0 Å². The molecule has 8 heteroatoms. The van der Waals surface area contributed by atoms with Crippen LogP contribution in [0.25, 0.3) is 5.69 Å². The molecule has 0 aliphatic heterocycles. The predicted molar refractivity (Wildman–Crippen MR) is 109 cm³/mol. The maximum atomic E-state index is 12.4. The zero-order valence-electron chi connectivity index (χ0n) is 16.2. The number of amides is 3. The molecule has 28 heavy (non-hydrogen) atoms. The highest BCUT2D eigenvalue weighted by atomic mass is 32.2. The van der Waals surface area contributed by atoms with Crippen molar-refractivity contribution in [2.45, 2.75) is 55.5 Å². The van der Waals surface area contributed by atoms with E-state index in [1.54, 1.807) is 20.2 Å². The predicted octanol–water partition coefficient (Wildman–Crippen LogP) is 3.52. The van der Waals surface area contributed by atoms with Crippen molar-refractivity contribution in [2.24, 2.45) is 0 Å². The van der Waals surface area contributed by atoms with Crippen molar-refractivity contribution >= 4 is 23.7 Å². The van der Waals surface area contributed by atoms with Gasteiger partial charge in [0.15, 0.2) is 5.16 Å². The van der Waals surface area contributed by atoms with Crippen LogP contribution in [0.4, 0.5) is 4.79 Å². The maximum absolute atomic E-state index is 12.4. The molecule has 0 spiro atoms. The summed E-state index contributed by atoms with van der Waals surface area (Å²) >= 11 is 1.31. The van der Waals surface area contributed by atoms with Gasteiger partial charge in [-0.1, -0.05) is 31.0 Å². The Morgan fingerprint density at radius 2 is 1.93 bits per heavy atom. The summed E-state index contributed by atoms with van der Waals surface area (Å²) in [5.74, 6) is 0.442. The van der Waals surface area contributed by atoms with Gasteiger partial charge in [0, 0.05) is 24.1 Å². The molecule has 1 aromatic carbocycles. The molecule has 150 valence electrons. The van der Waals surface area contributed by atoms with E-state index in [-0.39, 0.29) is 11.9 Å². The largest absolute Gasteiger partial charge is 0.497 e. The number of ether oxygens (including phenoxy) is 1. The van der Waals surface area contributed by atoms with Crippen LogP contribution in [0.2, 0.25) is 0 Å². The maximum Gasteiger partial charge on any atom is 0.321 e.